The van der Waals surface area contributed by atoms with Gasteiger partial charge in [-0.25, -0.2) is 14.2 Å². The molecular formula is C14H20FN3O2. The van der Waals surface area contributed by atoms with E-state index in [0.29, 0.717) is 6.54 Å². The Bertz CT molecular complexity index is 473. The third-order valence-corrected chi connectivity index (χ3v) is 3.45. The lowest BCUT2D eigenvalue weighted by atomic mass is 10.1. The minimum atomic E-state index is -0.652. The topological polar surface area (TPSA) is 44.8 Å². The SMILES string of the molecule is COC(=O)c1ccc(CNN2CCN(C)CC2)cc1F. The van der Waals surface area contributed by atoms with E-state index < -0.39 is 11.8 Å². The summed E-state index contributed by atoms with van der Waals surface area (Å²) in [5, 5.41) is 2.13. The molecule has 1 saturated heterocycles. The largest absolute Gasteiger partial charge is 0.465 e. The Morgan fingerprint density at radius 3 is 2.65 bits per heavy atom. The van der Waals surface area contributed by atoms with E-state index in [4.69, 9.17) is 0 Å². The minimum Gasteiger partial charge on any atom is -0.465 e. The lowest BCUT2D eigenvalue weighted by molar-refractivity contribution is 0.0595. The van der Waals surface area contributed by atoms with Crippen LogP contribution in [0.3, 0.4) is 0 Å². The smallest absolute Gasteiger partial charge is 0.340 e. The van der Waals surface area contributed by atoms with Crippen molar-refractivity contribution in [3.8, 4) is 0 Å². The number of hydrazine groups is 1. The number of piperazine rings is 1. The highest BCUT2D eigenvalue weighted by atomic mass is 19.1. The van der Waals surface area contributed by atoms with Gasteiger partial charge in [0.05, 0.1) is 12.7 Å². The maximum absolute atomic E-state index is 13.8. The summed E-state index contributed by atoms with van der Waals surface area (Å²) in [7, 11) is 3.34. The molecule has 1 aliphatic rings. The summed E-state index contributed by atoms with van der Waals surface area (Å²) in [5.74, 6) is -1.20. The number of carbonyl (C=O) groups excluding carboxylic acids is 1. The van der Waals surface area contributed by atoms with Gasteiger partial charge in [-0.2, -0.15) is 0 Å². The number of esters is 1. The molecule has 0 bridgehead atoms. The fourth-order valence-electron chi connectivity index (χ4n) is 2.11. The second-order valence-corrected chi connectivity index (χ2v) is 4.93. The van der Waals surface area contributed by atoms with Crippen LogP contribution < -0.4 is 5.43 Å². The van der Waals surface area contributed by atoms with Crippen LogP contribution in [0, 0.1) is 5.82 Å². The Hall–Kier alpha value is -1.50. The molecule has 0 saturated carbocycles. The van der Waals surface area contributed by atoms with E-state index in [9.17, 15) is 9.18 Å². The van der Waals surface area contributed by atoms with Crippen molar-refractivity contribution in [2.24, 2.45) is 0 Å². The number of nitrogens with one attached hydrogen (secondary N) is 1. The number of hydrogen-bond acceptors (Lipinski definition) is 5. The predicted molar refractivity (Wildman–Crippen MR) is 73.6 cm³/mol. The number of rotatable bonds is 4. The van der Waals surface area contributed by atoms with Crippen LogP contribution in [-0.4, -0.2) is 56.2 Å². The monoisotopic (exact) mass is 281 g/mol. The first-order chi connectivity index (χ1) is 9.60. The van der Waals surface area contributed by atoms with E-state index in [0.717, 1.165) is 31.7 Å². The molecule has 5 nitrogen and oxygen atoms in total. The third-order valence-electron chi connectivity index (χ3n) is 3.45. The highest BCUT2D eigenvalue weighted by molar-refractivity contribution is 5.89. The lowest BCUT2D eigenvalue weighted by Gasteiger charge is -2.32. The van der Waals surface area contributed by atoms with Crippen LogP contribution >= 0.6 is 0 Å². The number of ether oxygens (including phenoxy) is 1. The van der Waals surface area contributed by atoms with Gasteiger partial charge in [0, 0.05) is 32.7 Å². The van der Waals surface area contributed by atoms with Crippen LogP contribution in [0.25, 0.3) is 0 Å². The summed E-state index contributed by atoms with van der Waals surface area (Å²) in [4.78, 5) is 13.6. The maximum Gasteiger partial charge on any atom is 0.340 e. The van der Waals surface area contributed by atoms with Crippen molar-refractivity contribution in [1.82, 2.24) is 15.3 Å². The Labute approximate surface area is 118 Å². The number of likely N-dealkylation sites (N-methyl/N-ethyl adjacent to an activating group) is 1. The highest BCUT2D eigenvalue weighted by Crippen LogP contribution is 2.12. The van der Waals surface area contributed by atoms with E-state index in [2.05, 4.69) is 27.1 Å². The van der Waals surface area contributed by atoms with Gasteiger partial charge in [-0.3, -0.25) is 5.43 Å². The summed E-state index contributed by atoms with van der Waals surface area (Å²) in [6, 6.07) is 4.57. The van der Waals surface area contributed by atoms with Crippen molar-refractivity contribution in [2.45, 2.75) is 6.54 Å². The van der Waals surface area contributed by atoms with Crippen LogP contribution in [0.2, 0.25) is 0 Å². The van der Waals surface area contributed by atoms with Gasteiger partial charge in [0.1, 0.15) is 5.82 Å². The molecule has 110 valence electrons. The van der Waals surface area contributed by atoms with Gasteiger partial charge >= 0.3 is 5.97 Å². The van der Waals surface area contributed by atoms with Crippen LogP contribution in [0.1, 0.15) is 15.9 Å². The standard InChI is InChI=1S/C14H20FN3O2/c1-17-5-7-18(8-6-17)16-10-11-3-4-12(13(15)9-11)14(19)20-2/h3-4,9,16H,5-8,10H2,1-2H3. The highest BCUT2D eigenvalue weighted by Gasteiger charge is 2.14. The molecule has 0 radical (unpaired) electrons. The Morgan fingerprint density at radius 2 is 2.05 bits per heavy atom. The van der Waals surface area contributed by atoms with Gasteiger partial charge in [-0.15, -0.1) is 0 Å². The quantitative estimate of drug-likeness (QED) is 0.830. The number of halogens is 1. The first-order valence-electron chi connectivity index (χ1n) is 6.64. The van der Waals surface area contributed by atoms with Gasteiger partial charge in [0.25, 0.3) is 0 Å². The summed E-state index contributed by atoms with van der Waals surface area (Å²) >= 11 is 0. The molecule has 1 heterocycles. The van der Waals surface area contributed by atoms with E-state index in [1.807, 2.05) is 0 Å². The summed E-state index contributed by atoms with van der Waals surface area (Å²) < 4.78 is 18.3. The molecule has 1 aliphatic heterocycles. The number of methoxy groups -OCH3 is 1. The molecule has 0 amide bonds. The summed E-state index contributed by atoms with van der Waals surface area (Å²) in [6.07, 6.45) is 0. The van der Waals surface area contributed by atoms with Crippen LogP contribution in [-0.2, 0) is 11.3 Å². The van der Waals surface area contributed by atoms with Crippen molar-refractivity contribution >= 4 is 5.97 Å². The fourth-order valence-corrected chi connectivity index (χ4v) is 2.11. The van der Waals surface area contributed by atoms with Crippen molar-refractivity contribution in [1.29, 1.82) is 0 Å². The second kappa shape index (κ2) is 6.78. The number of hydrogen-bond donors (Lipinski definition) is 1. The molecule has 0 aromatic heterocycles. The normalized spacial score (nSPS) is 17.1. The Balaban J connectivity index is 1.90. The average Bonchev–Trinajstić information content (AvgIpc) is 2.46. The first-order valence-corrected chi connectivity index (χ1v) is 6.64. The van der Waals surface area contributed by atoms with Crippen molar-refractivity contribution < 1.29 is 13.9 Å². The molecule has 0 atom stereocenters. The predicted octanol–water partition coefficient (Wildman–Crippen LogP) is 0.864. The van der Waals surface area contributed by atoms with Crippen LogP contribution in [0.15, 0.2) is 18.2 Å². The summed E-state index contributed by atoms with van der Waals surface area (Å²) in [5.41, 5.74) is 4.04. The zero-order valence-corrected chi connectivity index (χ0v) is 11.9. The molecule has 1 aromatic carbocycles. The summed E-state index contributed by atoms with van der Waals surface area (Å²) in [6.45, 7) is 4.46. The van der Waals surface area contributed by atoms with Gasteiger partial charge in [0.2, 0.25) is 0 Å². The molecular weight excluding hydrogens is 261 g/mol. The number of nitrogens with zero attached hydrogens (tertiary/aromatic N) is 2. The fraction of sp³-hybridized carbons (Fsp3) is 0.500. The lowest BCUT2D eigenvalue weighted by Crippen LogP contribution is -2.50. The third kappa shape index (κ3) is 3.75. The van der Waals surface area contributed by atoms with Gasteiger partial charge in [-0.05, 0) is 24.7 Å². The van der Waals surface area contributed by atoms with Gasteiger partial charge in [-0.1, -0.05) is 6.07 Å². The maximum atomic E-state index is 13.8. The first kappa shape index (κ1) is 14.9. The van der Waals surface area contributed by atoms with E-state index >= 15 is 0 Å². The zero-order valence-electron chi connectivity index (χ0n) is 11.9. The molecule has 0 unspecified atom stereocenters. The molecule has 1 aromatic rings. The van der Waals surface area contributed by atoms with Gasteiger partial charge in [0.15, 0.2) is 0 Å². The number of carbonyl (C=O) groups is 1. The number of benzene rings is 1. The van der Waals surface area contributed by atoms with Crippen molar-refractivity contribution in [2.75, 3.05) is 40.3 Å². The molecule has 2 rings (SSSR count). The molecule has 20 heavy (non-hydrogen) atoms. The van der Waals surface area contributed by atoms with E-state index in [-0.39, 0.29) is 5.56 Å². The van der Waals surface area contributed by atoms with E-state index in [1.54, 1.807) is 6.07 Å². The van der Waals surface area contributed by atoms with Gasteiger partial charge < -0.3 is 9.64 Å². The van der Waals surface area contributed by atoms with E-state index in [1.165, 1.54) is 19.2 Å². The Morgan fingerprint density at radius 1 is 1.35 bits per heavy atom. The molecule has 6 heteroatoms. The average molecular weight is 281 g/mol. The van der Waals surface area contributed by atoms with Crippen LogP contribution in [0.5, 0.6) is 0 Å². The van der Waals surface area contributed by atoms with Crippen molar-refractivity contribution in [3.63, 3.8) is 0 Å². The molecule has 1 fully saturated rings. The molecule has 1 N–H and O–H groups in total. The molecule has 0 aliphatic carbocycles. The molecule has 0 spiro atoms. The Kier molecular flexibility index (Phi) is 5.05. The van der Waals surface area contributed by atoms with Crippen LogP contribution in [0.4, 0.5) is 4.39 Å². The minimum absolute atomic E-state index is 0.0316. The second-order valence-electron chi connectivity index (χ2n) is 4.93. The zero-order chi connectivity index (χ0) is 14.5. The van der Waals surface area contributed by atoms with Crippen molar-refractivity contribution in [3.05, 3.63) is 35.1 Å².